The van der Waals surface area contributed by atoms with Gasteiger partial charge in [-0.05, 0) is 0 Å². The molecule has 1 fully saturated rings. The highest BCUT2D eigenvalue weighted by molar-refractivity contribution is 5.83. The molecule has 1 amide bonds. The molecule has 0 spiro atoms. The Balaban J connectivity index is 2.55. The molecule has 1 saturated heterocycles. The first-order valence-corrected chi connectivity index (χ1v) is 2.80. The molecule has 1 unspecified atom stereocenters. The fourth-order valence-corrected chi connectivity index (χ4v) is 0.796. The van der Waals surface area contributed by atoms with Gasteiger partial charge in [0.25, 0.3) is 6.08 Å². The highest BCUT2D eigenvalue weighted by Gasteiger charge is 2.35. The summed E-state index contributed by atoms with van der Waals surface area (Å²) in [6.07, 6.45) is 1.50. The lowest BCUT2D eigenvalue weighted by atomic mass is 10.1. The minimum absolute atomic E-state index is 0.156. The number of hydrogen-bond donors (Lipinski definition) is 1. The number of hydrazone groups is 1. The molecule has 0 aromatic heterocycles. The van der Waals surface area contributed by atoms with Gasteiger partial charge in [-0.2, -0.15) is 0 Å². The van der Waals surface area contributed by atoms with Gasteiger partial charge in [-0.3, -0.25) is 4.79 Å². The van der Waals surface area contributed by atoms with E-state index in [0.29, 0.717) is 0 Å². The summed E-state index contributed by atoms with van der Waals surface area (Å²) in [4.78, 5) is 20.2. The maximum absolute atomic E-state index is 10.5. The average molecular weight is 142 g/mol. The number of nitrogens with zero attached hydrogens (tertiary/aromatic N) is 2. The van der Waals surface area contributed by atoms with Crippen LogP contribution < -0.4 is 0 Å². The number of rotatable bonds is 2. The minimum Gasteiger partial charge on any atom is -0.394 e. The lowest BCUT2D eigenvalue weighted by Crippen LogP contribution is -2.50. The van der Waals surface area contributed by atoms with E-state index in [2.05, 4.69) is 5.10 Å². The Morgan fingerprint density at radius 3 is 3.00 bits per heavy atom. The molecular weight excluding hydrogens is 136 g/mol. The summed E-state index contributed by atoms with van der Waals surface area (Å²) in [7, 11) is 0. The molecule has 54 valence electrons. The zero-order valence-corrected chi connectivity index (χ0v) is 5.15. The smallest absolute Gasteiger partial charge is 0.258 e. The van der Waals surface area contributed by atoms with Gasteiger partial charge >= 0.3 is 0 Å². The van der Waals surface area contributed by atoms with Crippen molar-refractivity contribution in [3.8, 4) is 0 Å². The second-order valence-electron chi connectivity index (χ2n) is 1.97. The van der Waals surface area contributed by atoms with Gasteiger partial charge in [0.05, 0.1) is 19.1 Å². The number of β-lactam (4-membered cyclic amide) rings is 1. The SMILES string of the molecule is O=C=NN1C(=O)CC1CO. The Bertz CT molecular complexity index is 195. The third-order valence-electron chi connectivity index (χ3n) is 1.37. The molecule has 0 bridgehead atoms. The van der Waals surface area contributed by atoms with E-state index in [1.165, 1.54) is 6.08 Å². The van der Waals surface area contributed by atoms with Crippen LogP contribution in [0.3, 0.4) is 0 Å². The van der Waals surface area contributed by atoms with Crippen molar-refractivity contribution in [3.05, 3.63) is 0 Å². The Morgan fingerprint density at radius 1 is 1.90 bits per heavy atom. The summed E-state index contributed by atoms with van der Waals surface area (Å²) in [6.45, 7) is -0.156. The molecule has 1 rings (SSSR count). The standard InChI is InChI=1S/C5H6N2O3/c8-2-4-1-5(10)7(4)6-3-9/h4,8H,1-2H2. The van der Waals surface area contributed by atoms with Gasteiger partial charge in [-0.25, -0.2) is 9.80 Å². The van der Waals surface area contributed by atoms with Crippen molar-refractivity contribution in [2.45, 2.75) is 12.5 Å². The van der Waals surface area contributed by atoms with E-state index in [0.717, 1.165) is 5.01 Å². The van der Waals surface area contributed by atoms with E-state index in [-0.39, 0.29) is 25.0 Å². The zero-order chi connectivity index (χ0) is 7.56. The van der Waals surface area contributed by atoms with Gasteiger partial charge in [0.1, 0.15) is 0 Å². The quantitative estimate of drug-likeness (QED) is 0.300. The van der Waals surface area contributed by atoms with Crippen molar-refractivity contribution in [2.24, 2.45) is 5.10 Å². The Kier molecular flexibility index (Phi) is 1.80. The summed E-state index contributed by atoms with van der Waals surface area (Å²) in [5.74, 6) is -0.248. The van der Waals surface area contributed by atoms with Crippen molar-refractivity contribution in [1.29, 1.82) is 0 Å². The number of amides is 1. The highest BCUT2D eigenvalue weighted by atomic mass is 16.3. The topological polar surface area (TPSA) is 70.0 Å². The van der Waals surface area contributed by atoms with Crippen molar-refractivity contribution in [2.75, 3.05) is 6.61 Å². The second kappa shape index (κ2) is 2.60. The third-order valence-corrected chi connectivity index (χ3v) is 1.37. The first kappa shape index (κ1) is 6.92. The normalized spacial score (nSPS) is 23.5. The highest BCUT2D eigenvalue weighted by Crippen LogP contribution is 2.17. The molecule has 1 atom stereocenters. The maximum atomic E-state index is 10.5. The lowest BCUT2D eigenvalue weighted by molar-refractivity contribution is -0.147. The fraction of sp³-hybridized carbons (Fsp3) is 0.600. The molecule has 10 heavy (non-hydrogen) atoms. The lowest BCUT2D eigenvalue weighted by Gasteiger charge is -2.32. The van der Waals surface area contributed by atoms with Crippen molar-refractivity contribution in [3.63, 3.8) is 0 Å². The van der Waals surface area contributed by atoms with E-state index in [4.69, 9.17) is 5.11 Å². The van der Waals surface area contributed by atoms with E-state index in [1.54, 1.807) is 0 Å². The summed E-state index contributed by atoms with van der Waals surface area (Å²) < 4.78 is 0. The number of hydrogen-bond acceptors (Lipinski definition) is 4. The van der Waals surface area contributed by atoms with E-state index < -0.39 is 0 Å². The van der Waals surface area contributed by atoms with Crippen LogP contribution >= 0.6 is 0 Å². The average Bonchev–Trinajstić information content (AvgIpc) is 1.95. The summed E-state index contributed by atoms with van der Waals surface area (Å²) >= 11 is 0. The van der Waals surface area contributed by atoms with E-state index >= 15 is 0 Å². The molecule has 0 aromatic rings. The van der Waals surface area contributed by atoms with Crippen LogP contribution in [-0.4, -0.2) is 34.8 Å². The van der Waals surface area contributed by atoms with E-state index in [1.807, 2.05) is 0 Å². The molecule has 1 N–H and O–H groups in total. The molecule has 1 heterocycles. The Labute approximate surface area is 56.9 Å². The van der Waals surface area contributed by atoms with Gasteiger partial charge in [0.15, 0.2) is 0 Å². The first-order chi connectivity index (χ1) is 4.79. The molecule has 1 aliphatic rings. The molecular formula is C5H6N2O3. The van der Waals surface area contributed by atoms with Crippen LogP contribution in [-0.2, 0) is 9.59 Å². The van der Waals surface area contributed by atoms with Crippen LogP contribution in [0.15, 0.2) is 5.10 Å². The van der Waals surface area contributed by atoms with Crippen LogP contribution in [0.2, 0.25) is 0 Å². The molecule has 0 radical (unpaired) electrons. The number of carbonyl (C=O) groups is 1. The van der Waals surface area contributed by atoms with Crippen molar-refractivity contribution < 1.29 is 14.7 Å². The Hall–Kier alpha value is -1.19. The van der Waals surface area contributed by atoms with Crippen LogP contribution in [0.25, 0.3) is 0 Å². The summed E-state index contributed by atoms with van der Waals surface area (Å²) in [5.41, 5.74) is 0. The molecule has 0 saturated carbocycles. The predicted octanol–water partition coefficient (Wildman–Crippen LogP) is -1.17. The second-order valence-corrected chi connectivity index (χ2v) is 1.97. The summed E-state index contributed by atoms with van der Waals surface area (Å²) in [5, 5.41) is 12.5. The molecule has 0 aliphatic carbocycles. The summed E-state index contributed by atoms with van der Waals surface area (Å²) in [6, 6.07) is -0.311. The predicted molar refractivity (Wildman–Crippen MR) is 30.5 cm³/mol. The van der Waals surface area contributed by atoms with Crippen molar-refractivity contribution >= 4 is 12.0 Å². The molecule has 5 heteroatoms. The van der Waals surface area contributed by atoms with Crippen LogP contribution in [0.4, 0.5) is 0 Å². The molecule has 0 aromatic carbocycles. The number of carbonyl (C=O) groups excluding carboxylic acids is 2. The molecule has 1 aliphatic heterocycles. The van der Waals surface area contributed by atoms with Crippen molar-refractivity contribution in [1.82, 2.24) is 5.01 Å². The first-order valence-electron chi connectivity index (χ1n) is 2.80. The number of isocyanates is 1. The number of aliphatic hydroxyl groups is 1. The monoisotopic (exact) mass is 142 g/mol. The van der Waals surface area contributed by atoms with Gasteiger partial charge in [-0.1, -0.05) is 5.10 Å². The van der Waals surface area contributed by atoms with Gasteiger partial charge in [0.2, 0.25) is 5.91 Å². The van der Waals surface area contributed by atoms with Crippen LogP contribution in [0.5, 0.6) is 0 Å². The number of aliphatic hydroxyl groups excluding tert-OH is 1. The third kappa shape index (κ3) is 0.920. The van der Waals surface area contributed by atoms with Crippen LogP contribution in [0.1, 0.15) is 6.42 Å². The Morgan fingerprint density at radius 2 is 2.60 bits per heavy atom. The van der Waals surface area contributed by atoms with E-state index in [9.17, 15) is 9.59 Å². The minimum atomic E-state index is -0.311. The zero-order valence-electron chi connectivity index (χ0n) is 5.15. The van der Waals surface area contributed by atoms with Crippen LogP contribution in [0, 0.1) is 0 Å². The van der Waals surface area contributed by atoms with Gasteiger partial charge < -0.3 is 5.11 Å². The fourth-order valence-electron chi connectivity index (χ4n) is 0.796. The van der Waals surface area contributed by atoms with Gasteiger partial charge in [-0.15, -0.1) is 0 Å². The van der Waals surface area contributed by atoms with Gasteiger partial charge in [0, 0.05) is 0 Å². The maximum Gasteiger partial charge on any atom is 0.258 e. The molecule has 5 nitrogen and oxygen atoms in total. The largest absolute Gasteiger partial charge is 0.394 e.